The van der Waals surface area contributed by atoms with E-state index in [0.29, 0.717) is 29.6 Å². The van der Waals surface area contributed by atoms with Crippen LogP contribution in [-0.2, 0) is 4.79 Å². The second-order valence-electron chi connectivity index (χ2n) is 13.1. The Kier molecular flexibility index (Phi) is 18.8. The largest absolute Gasteiger partial charge is 0.494 e. The average Bonchev–Trinajstić information content (AvgIpc) is 3.15. The number of amides is 1. The molecule has 2 aliphatic rings. The van der Waals surface area contributed by atoms with E-state index in [2.05, 4.69) is 95.7 Å². The second-order valence-corrected chi connectivity index (χ2v) is 13.9. The van der Waals surface area contributed by atoms with Crippen molar-refractivity contribution in [2.75, 3.05) is 55.7 Å². The molecule has 0 radical (unpaired) electrons. The van der Waals surface area contributed by atoms with Crippen LogP contribution in [-0.4, -0.2) is 56.7 Å². The third-order valence-corrected chi connectivity index (χ3v) is 9.91. The molecule has 51 heavy (non-hydrogen) atoms. The fourth-order valence-corrected chi connectivity index (χ4v) is 6.59. The first-order valence-corrected chi connectivity index (χ1v) is 19.7. The summed E-state index contributed by atoms with van der Waals surface area (Å²) in [5.41, 5.74) is 3.03. The lowest BCUT2D eigenvalue weighted by Gasteiger charge is -2.36. The van der Waals surface area contributed by atoms with Crippen molar-refractivity contribution < 1.29 is 9.53 Å². The van der Waals surface area contributed by atoms with Crippen LogP contribution in [0.5, 0.6) is 5.75 Å². The molecule has 5 nitrogen and oxygen atoms in total. The highest BCUT2D eigenvalue weighted by Crippen LogP contribution is 2.33. The van der Waals surface area contributed by atoms with Crippen molar-refractivity contribution in [1.82, 2.24) is 4.90 Å². The molecule has 0 saturated carbocycles. The molecule has 4 rings (SSSR count). The van der Waals surface area contributed by atoms with E-state index in [0.717, 1.165) is 107 Å². The quantitative estimate of drug-likeness (QED) is 0.0946. The second kappa shape index (κ2) is 23.9. The molecule has 1 fully saturated rings. The Morgan fingerprint density at radius 2 is 1.43 bits per heavy atom. The van der Waals surface area contributed by atoms with Crippen molar-refractivity contribution in [2.45, 2.75) is 77.6 Å². The Balaban J connectivity index is 1.07. The van der Waals surface area contributed by atoms with Gasteiger partial charge in [-0.2, -0.15) is 0 Å². The Labute approximate surface area is 317 Å². The number of rotatable bonds is 21. The molecule has 0 bridgehead atoms. The maximum absolute atomic E-state index is 13.2. The molecule has 2 aromatic carbocycles. The highest BCUT2D eigenvalue weighted by Gasteiger charge is 2.21. The lowest BCUT2D eigenvalue weighted by atomic mass is 10.1. The zero-order valence-corrected chi connectivity index (χ0v) is 32.0. The molecule has 0 aromatic heterocycles. The van der Waals surface area contributed by atoms with Gasteiger partial charge in [0.15, 0.2) is 0 Å². The normalized spacial score (nSPS) is 15.4. The van der Waals surface area contributed by atoms with E-state index < -0.39 is 0 Å². The van der Waals surface area contributed by atoms with Crippen LogP contribution in [0.25, 0.3) is 6.08 Å². The molecule has 2 aromatic rings. The van der Waals surface area contributed by atoms with E-state index in [1.165, 1.54) is 12.8 Å². The molecule has 2 aliphatic heterocycles. The van der Waals surface area contributed by atoms with Crippen LogP contribution in [0.4, 0.5) is 11.4 Å². The van der Waals surface area contributed by atoms with Gasteiger partial charge >= 0.3 is 0 Å². The summed E-state index contributed by atoms with van der Waals surface area (Å²) in [5.74, 6) is 0.987. The number of ether oxygens (including phenoxy) is 1. The van der Waals surface area contributed by atoms with Gasteiger partial charge in [0.2, 0.25) is 5.91 Å². The molecule has 0 unspecified atom stereocenters. The van der Waals surface area contributed by atoms with Gasteiger partial charge in [-0.3, -0.25) is 9.69 Å². The summed E-state index contributed by atoms with van der Waals surface area (Å²) < 4.78 is 6.15. The van der Waals surface area contributed by atoms with Crippen LogP contribution in [0, 0.1) is 0 Å². The highest BCUT2D eigenvalue weighted by molar-refractivity contribution is 6.43. The maximum atomic E-state index is 13.2. The standard InChI is InChI=1S/C44H57Cl2N3O2/c1-2-3-4-5-6-7-8-9-10-11-12-13-14-15-16-17-18-19-27-43(50)49-31-23-24-38-28-29-39(37-42(38)49)51-36-21-20-30-47-32-34-48(35-33-47)41-26-22-25-40(45)44(41)46/h4-5,7-8,10-11,13-14,16-17,22-26,28-29,37H,2-3,6,9,12,15,18-21,27,30-36H2,1H3. The Morgan fingerprint density at radius 3 is 2.12 bits per heavy atom. The lowest BCUT2D eigenvalue weighted by Crippen LogP contribution is -2.46. The van der Waals surface area contributed by atoms with Gasteiger partial charge in [0, 0.05) is 45.2 Å². The van der Waals surface area contributed by atoms with Gasteiger partial charge in [-0.15, -0.1) is 0 Å². The SMILES string of the molecule is CCCC=CCC=CCC=CCC=CCC=CCCCC(=O)N1CC=Cc2ccc(OCCCCN3CCN(c4cccc(Cl)c4Cl)CC3)cc21. The number of nitrogens with zero attached hydrogens (tertiary/aromatic N) is 3. The lowest BCUT2D eigenvalue weighted by molar-refractivity contribution is -0.118. The third-order valence-electron chi connectivity index (χ3n) is 9.10. The first-order valence-electron chi connectivity index (χ1n) is 19.0. The first-order chi connectivity index (χ1) is 25.1. The van der Waals surface area contributed by atoms with E-state index in [9.17, 15) is 4.79 Å². The predicted octanol–water partition coefficient (Wildman–Crippen LogP) is 11.6. The fraction of sp³-hybridized carbons (Fsp3) is 0.432. The summed E-state index contributed by atoms with van der Waals surface area (Å²) in [4.78, 5) is 19.9. The van der Waals surface area contributed by atoms with Crippen LogP contribution in [0.1, 0.15) is 83.1 Å². The zero-order valence-electron chi connectivity index (χ0n) is 30.5. The van der Waals surface area contributed by atoms with Gasteiger partial charge in [0.05, 0.1) is 28.0 Å². The maximum Gasteiger partial charge on any atom is 0.227 e. The van der Waals surface area contributed by atoms with Crippen molar-refractivity contribution in [2.24, 2.45) is 0 Å². The molecule has 274 valence electrons. The molecule has 1 saturated heterocycles. The smallest absolute Gasteiger partial charge is 0.227 e. The number of anilines is 2. The number of carbonyl (C=O) groups is 1. The van der Waals surface area contributed by atoms with Gasteiger partial charge in [-0.25, -0.2) is 0 Å². The van der Waals surface area contributed by atoms with E-state index in [4.69, 9.17) is 27.9 Å². The molecule has 7 heteroatoms. The van der Waals surface area contributed by atoms with Gasteiger partial charge in [-0.05, 0) is 94.2 Å². The van der Waals surface area contributed by atoms with Crippen molar-refractivity contribution in [3.8, 4) is 5.75 Å². The summed E-state index contributed by atoms with van der Waals surface area (Å²) in [6.45, 7) is 8.42. The van der Waals surface area contributed by atoms with Crippen LogP contribution >= 0.6 is 23.2 Å². The summed E-state index contributed by atoms with van der Waals surface area (Å²) in [6.07, 6.45) is 37.0. The number of benzene rings is 2. The fourth-order valence-electron chi connectivity index (χ4n) is 6.18. The minimum Gasteiger partial charge on any atom is -0.494 e. The third kappa shape index (κ3) is 14.6. The zero-order chi connectivity index (χ0) is 35.9. The minimum absolute atomic E-state index is 0.165. The van der Waals surface area contributed by atoms with Crippen molar-refractivity contribution >= 4 is 46.6 Å². The molecular weight excluding hydrogens is 673 g/mol. The topological polar surface area (TPSA) is 36.0 Å². The van der Waals surface area contributed by atoms with Crippen molar-refractivity contribution in [3.05, 3.63) is 119 Å². The van der Waals surface area contributed by atoms with Crippen molar-refractivity contribution in [1.29, 1.82) is 0 Å². The predicted molar refractivity (Wildman–Crippen MR) is 221 cm³/mol. The first kappa shape index (κ1) is 40.3. The summed E-state index contributed by atoms with van der Waals surface area (Å²) in [5, 5.41) is 1.25. The van der Waals surface area contributed by atoms with Crippen LogP contribution < -0.4 is 14.5 Å². The molecular formula is C44H57Cl2N3O2. The highest BCUT2D eigenvalue weighted by atomic mass is 35.5. The van der Waals surface area contributed by atoms with Crippen LogP contribution in [0.15, 0.2) is 103 Å². The van der Waals surface area contributed by atoms with E-state index >= 15 is 0 Å². The Morgan fingerprint density at radius 1 is 0.765 bits per heavy atom. The molecule has 0 N–H and O–H groups in total. The number of hydrogen-bond acceptors (Lipinski definition) is 4. The van der Waals surface area contributed by atoms with E-state index in [1.807, 2.05) is 35.2 Å². The van der Waals surface area contributed by atoms with Crippen molar-refractivity contribution in [3.63, 3.8) is 0 Å². The van der Waals surface area contributed by atoms with E-state index in [1.54, 1.807) is 0 Å². The average molecular weight is 731 g/mol. The summed E-state index contributed by atoms with van der Waals surface area (Å²) in [6, 6.07) is 11.9. The van der Waals surface area contributed by atoms with Gasteiger partial charge in [-0.1, -0.05) is 116 Å². The Bertz CT molecular complexity index is 1520. The molecule has 0 atom stereocenters. The summed E-state index contributed by atoms with van der Waals surface area (Å²) in [7, 11) is 0. The number of fused-ring (bicyclic) bond motifs is 1. The van der Waals surface area contributed by atoms with Gasteiger partial charge < -0.3 is 14.5 Å². The number of piperazine rings is 1. The van der Waals surface area contributed by atoms with E-state index in [-0.39, 0.29) is 5.91 Å². The van der Waals surface area contributed by atoms with Crippen LogP contribution in [0.3, 0.4) is 0 Å². The molecule has 2 heterocycles. The Hall–Kier alpha value is -3.51. The number of hydrogen-bond donors (Lipinski definition) is 0. The summed E-state index contributed by atoms with van der Waals surface area (Å²) >= 11 is 12.7. The molecule has 0 spiro atoms. The number of allylic oxidation sites excluding steroid dienone is 10. The minimum atomic E-state index is 0.165. The number of halogens is 2. The van der Waals surface area contributed by atoms with Gasteiger partial charge in [0.1, 0.15) is 5.75 Å². The molecule has 0 aliphatic carbocycles. The van der Waals surface area contributed by atoms with Crippen LogP contribution in [0.2, 0.25) is 10.0 Å². The monoisotopic (exact) mass is 729 g/mol. The number of unbranched alkanes of at least 4 members (excludes halogenated alkanes) is 3. The molecule has 1 amide bonds. The van der Waals surface area contributed by atoms with Gasteiger partial charge in [0.25, 0.3) is 0 Å². The number of carbonyl (C=O) groups excluding carboxylic acids is 1.